The van der Waals surface area contributed by atoms with Crippen molar-refractivity contribution in [3.63, 3.8) is 0 Å². The molecule has 88 valence electrons. The van der Waals surface area contributed by atoms with Crippen LogP contribution >= 0.6 is 0 Å². The number of aliphatic imine (C=N–C) groups is 1. The van der Waals surface area contributed by atoms with Gasteiger partial charge in [0.2, 0.25) is 0 Å². The van der Waals surface area contributed by atoms with Crippen molar-refractivity contribution in [2.45, 2.75) is 19.8 Å². The molecule has 0 fully saturated rings. The molecule has 1 heteroatoms. The van der Waals surface area contributed by atoms with Crippen molar-refractivity contribution >= 4 is 17.0 Å². The molecule has 17 heavy (non-hydrogen) atoms. The Morgan fingerprint density at radius 1 is 1.12 bits per heavy atom. The molecule has 1 atom stereocenters. The first-order valence-corrected chi connectivity index (χ1v) is 6.23. The number of fused-ring (bicyclic) bond motifs is 1. The van der Waals surface area contributed by atoms with Crippen LogP contribution in [0.1, 0.15) is 18.9 Å². The van der Waals surface area contributed by atoms with Crippen LogP contribution in [0.25, 0.3) is 10.8 Å². The Bertz CT molecular complexity index is 514. The molecule has 1 unspecified atom stereocenters. The van der Waals surface area contributed by atoms with E-state index < -0.39 is 0 Å². The largest absolute Gasteiger partial charge is 0.301 e. The molecule has 0 bridgehead atoms. The molecule has 0 spiro atoms. The van der Waals surface area contributed by atoms with Gasteiger partial charge in [-0.3, -0.25) is 0 Å². The van der Waals surface area contributed by atoms with Crippen LogP contribution in [0, 0.1) is 5.92 Å². The maximum absolute atomic E-state index is 4.14. The number of rotatable bonds is 4. The normalized spacial score (nSPS) is 13.3. The van der Waals surface area contributed by atoms with Crippen LogP contribution in [-0.4, -0.2) is 13.3 Å². The Kier molecular flexibility index (Phi) is 3.92. The van der Waals surface area contributed by atoms with Gasteiger partial charge in [0.05, 0.1) is 0 Å². The molecule has 0 radical (unpaired) electrons. The van der Waals surface area contributed by atoms with Gasteiger partial charge in [-0.15, -0.1) is 0 Å². The van der Waals surface area contributed by atoms with Crippen LogP contribution in [0.15, 0.2) is 47.5 Å². The molecule has 0 aliphatic heterocycles. The van der Waals surface area contributed by atoms with Crippen molar-refractivity contribution in [1.29, 1.82) is 0 Å². The molecular formula is C16H19N. The van der Waals surface area contributed by atoms with Crippen LogP contribution < -0.4 is 0 Å². The van der Waals surface area contributed by atoms with Gasteiger partial charge < -0.3 is 4.99 Å². The monoisotopic (exact) mass is 225 g/mol. The summed E-state index contributed by atoms with van der Waals surface area (Å²) in [5, 5.41) is 2.64. The van der Waals surface area contributed by atoms with Crippen molar-refractivity contribution in [3.8, 4) is 0 Å². The van der Waals surface area contributed by atoms with E-state index in [0.717, 1.165) is 12.8 Å². The smallest absolute Gasteiger partial charge is 0.0273 e. The third-order valence-electron chi connectivity index (χ3n) is 3.20. The quantitative estimate of drug-likeness (QED) is 0.694. The summed E-state index contributed by atoms with van der Waals surface area (Å²) in [7, 11) is 1.85. The van der Waals surface area contributed by atoms with Crippen molar-refractivity contribution in [2.24, 2.45) is 10.9 Å². The number of nitrogens with zero attached hydrogens (tertiary/aromatic N) is 1. The fourth-order valence-corrected chi connectivity index (χ4v) is 2.18. The minimum absolute atomic E-state index is 0.557. The number of hydrogen-bond donors (Lipinski definition) is 0. The Hall–Kier alpha value is -1.63. The second-order valence-electron chi connectivity index (χ2n) is 4.46. The van der Waals surface area contributed by atoms with Crippen LogP contribution in [0.4, 0.5) is 0 Å². The van der Waals surface area contributed by atoms with E-state index in [1.165, 1.54) is 16.3 Å². The molecule has 0 amide bonds. The fraction of sp³-hybridized carbons (Fsp3) is 0.312. The summed E-state index contributed by atoms with van der Waals surface area (Å²) < 4.78 is 0. The first kappa shape index (κ1) is 11.8. The van der Waals surface area contributed by atoms with Crippen molar-refractivity contribution in [2.75, 3.05) is 7.05 Å². The molecule has 0 aliphatic carbocycles. The van der Waals surface area contributed by atoms with Crippen LogP contribution in [0.2, 0.25) is 0 Å². The molecule has 0 aromatic heterocycles. The highest BCUT2D eigenvalue weighted by atomic mass is 14.6. The van der Waals surface area contributed by atoms with E-state index in [0.29, 0.717) is 5.92 Å². The average molecular weight is 225 g/mol. The lowest BCUT2D eigenvalue weighted by atomic mass is 9.96. The van der Waals surface area contributed by atoms with Gasteiger partial charge in [-0.1, -0.05) is 49.4 Å². The predicted octanol–water partition coefficient (Wildman–Crippen LogP) is 4.11. The van der Waals surface area contributed by atoms with Gasteiger partial charge in [0.15, 0.2) is 0 Å². The molecular weight excluding hydrogens is 206 g/mol. The number of benzene rings is 2. The van der Waals surface area contributed by atoms with Crippen molar-refractivity contribution in [3.05, 3.63) is 48.0 Å². The standard InChI is InChI=1S/C16H19N/c1-3-13(12-17-2)10-14-8-9-15-6-4-5-7-16(15)11-14/h4-9,11-13H,3,10H2,1-2H3. The zero-order valence-electron chi connectivity index (χ0n) is 10.6. The Morgan fingerprint density at radius 3 is 2.59 bits per heavy atom. The van der Waals surface area contributed by atoms with E-state index in [-0.39, 0.29) is 0 Å². The summed E-state index contributed by atoms with van der Waals surface area (Å²) in [4.78, 5) is 4.14. The van der Waals surface area contributed by atoms with Crippen LogP contribution in [-0.2, 0) is 6.42 Å². The van der Waals surface area contributed by atoms with E-state index in [2.05, 4.69) is 60.6 Å². The summed E-state index contributed by atoms with van der Waals surface area (Å²) in [6, 6.07) is 15.2. The second kappa shape index (κ2) is 5.62. The zero-order valence-corrected chi connectivity index (χ0v) is 10.6. The van der Waals surface area contributed by atoms with Gasteiger partial charge in [0, 0.05) is 13.3 Å². The summed E-state index contributed by atoms with van der Waals surface area (Å²) in [5.41, 5.74) is 1.40. The van der Waals surface area contributed by atoms with Gasteiger partial charge in [-0.05, 0) is 35.1 Å². The SMILES string of the molecule is CCC(C=NC)Cc1ccc2ccccc2c1. The molecule has 2 aromatic rings. The van der Waals surface area contributed by atoms with E-state index >= 15 is 0 Å². The average Bonchev–Trinajstić information content (AvgIpc) is 2.38. The van der Waals surface area contributed by atoms with Crippen molar-refractivity contribution < 1.29 is 0 Å². The highest BCUT2D eigenvalue weighted by molar-refractivity contribution is 5.83. The van der Waals surface area contributed by atoms with Gasteiger partial charge in [0.25, 0.3) is 0 Å². The summed E-state index contributed by atoms with van der Waals surface area (Å²) >= 11 is 0. The molecule has 0 saturated carbocycles. The minimum Gasteiger partial charge on any atom is -0.301 e. The van der Waals surface area contributed by atoms with E-state index in [1.807, 2.05) is 7.05 Å². The maximum Gasteiger partial charge on any atom is 0.0273 e. The molecule has 2 rings (SSSR count). The van der Waals surface area contributed by atoms with Crippen LogP contribution in [0.3, 0.4) is 0 Å². The third kappa shape index (κ3) is 2.94. The third-order valence-corrected chi connectivity index (χ3v) is 3.20. The molecule has 2 aromatic carbocycles. The highest BCUT2D eigenvalue weighted by Gasteiger charge is 2.04. The maximum atomic E-state index is 4.14. The Labute approximate surface area is 103 Å². The van der Waals surface area contributed by atoms with Gasteiger partial charge in [-0.25, -0.2) is 0 Å². The second-order valence-corrected chi connectivity index (χ2v) is 4.46. The van der Waals surface area contributed by atoms with Gasteiger partial charge >= 0.3 is 0 Å². The predicted molar refractivity (Wildman–Crippen MR) is 75.8 cm³/mol. The van der Waals surface area contributed by atoms with E-state index in [9.17, 15) is 0 Å². The Balaban J connectivity index is 2.24. The molecule has 0 saturated heterocycles. The lowest BCUT2D eigenvalue weighted by molar-refractivity contribution is 0.674. The topological polar surface area (TPSA) is 12.4 Å². The first-order chi connectivity index (χ1) is 8.33. The molecule has 0 aliphatic rings. The molecule has 0 N–H and O–H groups in total. The van der Waals surface area contributed by atoms with Crippen molar-refractivity contribution in [1.82, 2.24) is 0 Å². The summed E-state index contributed by atoms with van der Waals surface area (Å²) in [6.45, 7) is 2.22. The fourth-order valence-electron chi connectivity index (χ4n) is 2.18. The zero-order chi connectivity index (χ0) is 12.1. The minimum atomic E-state index is 0.557. The van der Waals surface area contributed by atoms with E-state index in [1.54, 1.807) is 0 Å². The summed E-state index contributed by atoms with van der Waals surface area (Å²) in [5.74, 6) is 0.557. The molecule has 0 heterocycles. The summed E-state index contributed by atoms with van der Waals surface area (Å²) in [6.07, 6.45) is 4.29. The lowest BCUT2D eigenvalue weighted by Gasteiger charge is -2.10. The van der Waals surface area contributed by atoms with Crippen LogP contribution in [0.5, 0.6) is 0 Å². The van der Waals surface area contributed by atoms with Gasteiger partial charge in [0.1, 0.15) is 0 Å². The first-order valence-electron chi connectivity index (χ1n) is 6.23. The lowest BCUT2D eigenvalue weighted by Crippen LogP contribution is -2.04. The number of hydrogen-bond acceptors (Lipinski definition) is 1. The molecule has 1 nitrogen and oxygen atoms in total. The highest BCUT2D eigenvalue weighted by Crippen LogP contribution is 2.18. The Morgan fingerprint density at radius 2 is 1.88 bits per heavy atom. The van der Waals surface area contributed by atoms with E-state index in [4.69, 9.17) is 0 Å². The van der Waals surface area contributed by atoms with Gasteiger partial charge in [-0.2, -0.15) is 0 Å².